The van der Waals surface area contributed by atoms with Gasteiger partial charge in [0.25, 0.3) is 11.6 Å². The molecule has 1 aromatic heterocycles. The van der Waals surface area contributed by atoms with Gasteiger partial charge in [0.15, 0.2) is 0 Å². The number of hydrogen-bond acceptors (Lipinski definition) is 6. The minimum atomic E-state index is -0.449. The Morgan fingerprint density at radius 1 is 1.09 bits per heavy atom. The van der Waals surface area contributed by atoms with Crippen molar-refractivity contribution in [2.24, 2.45) is 0 Å². The van der Waals surface area contributed by atoms with Crippen molar-refractivity contribution in [2.45, 2.75) is 6.04 Å². The Kier molecular flexibility index (Phi) is 6.58. The summed E-state index contributed by atoms with van der Waals surface area (Å²) in [5.41, 5.74) is 2.14. The SMILES string of the molecule is CN1CCN(CC(NC(=O)c2cnn(-c3ccc([N+](=O)[O-])cc3)c2)c2ccccc2)CC1. The molecule has 4 rings (SSSR count). The minimum absolute atomic E-state index is 0.00785. The number of nitro benzene ring substituents is 1. The molecule has 2 aromatic carbocycles. The van der Waals surface area contributed by atoms with E-state index in [1.807, 2.05) is 30.3 Å². The monoisotopic (exact) mass is 434 g/mol. The van der Waals surface area contributed by atoms with E-state index in [1.54, 1.807) is 18.3 Å². The molecule has 32 heavy (non-hydrogen) atoms. The van der Waals surface area contributed by atoms with Crippen LogP contribution in [0.5, 0.6) is 0 Å². The molecule has 166 valence electrons. The second-order valence-electron chi connectivity index (χ2n) is 7.99. The fourth-order valence-electron chi connectivity index (χ4n) is 3.76. The molecule has 0 radical (unpaired) electrons. The second kappa shape index (κ2) is 9.71. The lowest BCUT2D eigenvalue weighted by molar-refractivity contribution is -0.384. The number of hydrogen-bond donors (Lipinski definition) is 1. The van der Waals surface area contributed by atoms with E-state index in [2.05, 4.69) is 27.3 Å². The third kappa shape index (κ3) is 5.19. The topological polar surface area (TPSA) is 96.5 Å². The zero-order valence-corrected chi connectivity index (χ0v) is 17.9. The van der Waals surface area contributed by atoms with Gasteiger partial charge in [-0.2, -0.15) is 5.10 Å². The molecule has 9 nitrogen and oxygen atoms in total. The van der Waals surface area contributed by atoms with Crippen LogP contribution in [0.3, 0.4) is 0 Å². The highest BCUT2D eigenvalue weighted by Gasteiger charge is 2.22. The van der Waals surface area contributed by atoms with Gasteiger partial charge < -0.3 is 10.2 Å². The van der Waals surface area contributed by atoms with Gasteiger partial charge in [-0.05, 0) is 24.7 Å². The van der Waals surface area contributed by atoms with Crippen LogP contribution >= 0.6 is 0 Å². The number of piperazine rings is 1. The van der Waals surface area contributed by atoms with Crippen molar-refractivity contribution in [3.8, 4) is 5.69 Å². The highest BCUT2D eigenvalue weighted by molar-refractivity contribution is 5.94. The average molecular weight is 435 g/mol. The molecular formula is C23H26N6O3. The van der Waals surface area contributed by atoms with Crippen LogP contribution in [0.4, 0.5) is 5.69 Å². The molecule has 1 aliphatic heterocycles. The lowest BCUT2D eigenvalue weighted by Crippen LogP contribution is -2.47. The summed E-state index contributed by atoms with van der Waals surface area (Å²) in [5.74, 6) is -0.207. The van der Waals surface area contributed by atoms with Crippen LogP contribution in [0, 0.1) is 10.1 Å². The van der Waals surface area contributed by atoms with Crippen molar-refractivity contribution < 1.29 is 9.72 Å². The van der Waals surface area contributed by atoms with Gasteiger partial charge in [-0.15, -0.1) is 0 Å². The predicted molar refractivity (Wildman–Crippen MR) is 121 cm³/mol. The van der Waals surface area contributed by atoms with E-state index in [9.17, 15) is 14.9 Å². The minimum Gasteiger partial charge on any atom is -0.344 e. The Labute approximate surface area is 186 Å². The van der Waals surface area contributed by atoms with Gasteiger partial charge in [0.2, 0.25) is 0 Å². The van der Waals surface area contributed by atoms with Crippen LogP contribution in [0.1, 0.15) is 22.0 Å². The lowest BCUT2D eigenvalue weighted by Gasteiger charge is -2.35. The maximum atomic E-state index is 13.0. The van der Waals surface area contributed by atoms with E-state index >= 15 is 0 Å². The van der Waals surface area contributed by atoms with Crippen molar-refractivity contribution in [3.05, 3.63) is 88.2 Å². The Balaban J connectivity index is 1.47. The quantitative estimate of drug-likeness (QED) is 0.453. The zero-order chi connectivity index (χ0) is 22.5. The van der Waals surface area contributed by atoms with Gasteiger partial charge >= 0.3 is 0 Å². The summed E-state index contributed by atoms with van der Waals surface area (Å²) in [6.45, 7) is 4.69. The van der Waals surface area contributed by atoms with Gasteiger partial charge in [0, 0.05) is 51.1 Å². The third-order valence-electron chi connectivity index (χ3n) is 5.71. The fourth-order valence-corrected chi connectivity index (χ4v) is 3.76. The molecule has 0 spiro atoms. The predicted octanol–water partition coefficient (Wildman–Crippen LogP) is 2.50. The first-order valence-corrected chi connectivity index (χ1v) is 10.6. The van der Waals surface area contributed by atoms with Crippen LogP contribution in [0.25, 0.3) is 5.69 Å². The Bertz CT molecular complexity index is 1060. The summed E-state index contributed by atoms with van der Waals surface area (Å²) in [4.78, 5) is 28.1. The Morgan fingerprint density at radius 3 is 2.44 bits per heavy atom. The number of carbonyl (C=O) groups is 1. The summed E-state index contributed by atoms with van der Waals surface area (Å²) < 4.78 is 1.54. The van der Waals surface area contributed by atoms with Crippen molar-refractivity contribution in [1.82, 2.24) is 24.9 Å². The van der Waals surface area contributed by atoms with E-state index in [4.69, 9.17) is 0 Å². The fraction of sp³-hybridized carbons (Fsp3) is 0.304. The number of nitro groups is 1. The molecule has 1 N–H and O–H groups in total. The summed E-state index contributed by atoms with van der Waals surface area (Å²) >= 11 is 0. The standard InChI is InChI=1S/C23H26N6O3/c1-26-11-13-27(14-12-26)17-22(18-5-3-2-4-6-18)25-23(30)19-15-24-28(16-19)20-7-9-21(10-8-20)29(31)32/h2-10,15-16,22H,11-14,17H2,1H3,(H,25,30). The molecule has 9 heteroatoms. The Hall–Kier alpha value is -3.56. The number of carbonyl (C=O) groups excluding carboxylic acids is 1. The molecular weight excluding hydrogens is 408 g/mol. The number of non-ortho nitro benzene ring substituents is 1. The molecule has 1 unspecified atom stereocenters. The van der Waals surface area contributed by atoms with E-state index in [1.165, 1.54) is 23.0 Å². The average Bonchev–Trinajstić information content (AvgIpc) is 3.31. The van der Waals surface area contributed by atoms with Gasteiger partial charge in [0.05, 0.1) is 28.4 Å². The number of likely N-dealkylation sites (N-methyl/N-ethyl adjacent to an activating group) is 1. The third-order valence-corrected chi connectivity index (χ3v) is 5.71. The van der Waals surface area contributed by atoms with E-state index < -0.39 is 4.92 Å². The van der Waals surface area contributed by atoms with Crippen LogP contribution in [0.15, 0.2) is 67.0 Å². The van der Waals surface area contributed by atoms with Crippen LogP contribution < -0.4 is 5.32 Å². The van der Waals surface area contributed by atoms with Crippen LogP contribution in [0.2, 0.25) is 0 Å². The summed E-state index contributed by atoms with van der Waals surface area (Å²) in [6.07, 6.45) is 3.14. The molecule has 1 saturated heterocycles. The van der Waals surface area contributed by atoms with Crippen molar-refractivity contribution >= 4 is 11.6 Å². The van der Waals surface area contributed by atoms with E-state index in [-0.39, 0.29) is 17.6 Å². The van der Waals surface area contributed by atoms with Crippen molar-refractivity contribution in [3.63, 3.8) is 0 Å². The lowest BCUT2D eigenvalue weighted by atomic mass is 10.1. The zero-order valence-electron chi connectivity index (χ0n) is 17.9. The maximum Gasteiger partial charge on any atom is 0.269 e. The molecule has 0 saturated carbocycles. The molecule has 3 aromatic rings. The van der Waals surface area contributed by atoms with E-state index in [0.29, 0.717) is 11.3 Å². The molecule has 0 aliphatic carbocycles. The first-order valence-electron chi connectivity index (χ1n) is 10.6. The van der Waals surface area contributed by atoms with Gasteiger partial charge in [-0.1, -0.05) is 30.3 Å². The number of rotatable bonds is 7. The smallest absolute Gasteiger partial charge is 0.269 e. The largest absolute Gasteiger partial charge is 0.344 e. The van der Waals surface area contributed by atoms with Crippen molar-refractivity contribution in [1.29, 1.82) is 0 Å². The van der Waals surface area contributed by atoms with Crippen LogP contribution in [-0.4, -0.2) is 70.2 Å². The first-order chi connectivity index (χ1) is 15.5. The first kappa shape index (κ1) is 21.7. The summed E-state index contributed by atoms with van der Waals surface area (Å²) in [5, 5.41) is 18.3. The van der Waals surface area contributed by atoms with Gasteiger partial charge in [0.1, 0.15) is 0 Å². The molecule has 2 heterocycles. The van der Waals surface area contributed by atoms with Crippen molar-refractivity contribution in [2.75, 3.05) is 39.8 Å². The molecule has 0 bridgehead atoms. The Morgan fingerprint density at radius 2 is 1.78 bits per heavy atom. The highest BCUT2D eigenvalue weighted by atomic mass is 16.6. The number of aromatic nitrogens is 2. The highest BCUT2D eigenvalue weighted by Crippen LogP contribution is 2.18. The van der Waals surface area contributed by atoms with Gasteiger partial charge in [-0.3, -0.25) is 19.8 Å². The molecule has 1 fully saturated rings. The van der Waals surface area contributed by atoms with E-state index in [0.717, 1.165) is 38.3 Å². The second-order valence-corrected chi connectivity index (χ2v) is 7.99. The van der Waals surface area contributed by atoms with Gasteiger partial charge in [-0.25, -0.2) is 4.68 Å². The number of nitrogens with one attached hydrogen (secondary N) is 1. The summed E-state index contributed by atoms with van der Waals surface area (Å²) in [7, 11) is 2.12. The molecule has 1 atom stereocenters. The van der Waals surface area contributed by atoms with Crippen LogP contribution in [-0.2, 0) is 0 Å². The number of benzene rings is 2. The summed E-state index contributed by atoms with van der Waals surface area (Å²) in [6, 6.07) is 15.9. The molecule has 1 amide bonds. The maximum absolute atomic E-state index is 13.0. The normalized spacial score (nSPS) is 15.9. The number of nitrogens with zero attached hydrogens (tertiary/aromatic N) is 5. The number of amides is 1. The molecule has 1 aliphatic rings.